The van der Waals surface area contributed by atoms with Crippen LogP contribution in [0.1, 0.15) is 73.8 Å². The van der Waals surface area contributed by atoms with Gasteiger partial charge < -0.3 is 5.32 Å². The highest BCUT2D eigenvalue weighted by Crippen LogP contribution is 2.40. The third-order valence-corrected chi connectivity index (χ3v) is 10.7. The summed E-state index contributed by atoms with van der Waals surface area (Å²) in [6, 6.07) is 1.16. The number of pyridine rings is 1. The molecule has 35 heavy (non-hydrogen) atoms. The van der Waals surface area contributed by atoms with Gasteiger partial charge in [-0.2, -0.15) is 13.2 Å². The zero-order valence-electron chi connectivity index (χ0n) is 19.6. The molecule has 0 bridgehead atoms. The molecule has 4 rings (SSSR count). The van der Waals surface area contributed by atoms with Crippen LogP contribution in [0.5, 0.6) is 0 Å². The molecular weight excluding hydrogens is 505 g/mol. The zero-order chi connectivity index (χ0) is 25.6. The van der Waals surface area contributed by atoms with Crippen LogP contribution in [0.15, 0.2) is 17.2 Å². The third-order valence-electron chi connectivity index (χ3n) is 7.31. The van der Waals surface area contributed by atoms with Crippen molar-refractivity contribution in [2.45, 2.75) is 80.3 Å². The summed E-state index contributed by atoms with van der Waals surface area (Å²) < 4.78 is 88.9. The van der Waals surface area contributed by atoms with Gasteiger partial charge in [-0.25, -0.2) is 21.8 Å². The highest BCUT2D eigenvalue weighted by Gasteiger charge is 2.40. The van der Waals surface area contributed by atoms with Gasteiger partial charge in [0.25, 0.3) is 5.91 Å². The lowest BCUT2D eigenvalue weighted by atomic mass is 9.81. The second kappa shape index (κ2) is 9.64. The summed E-state index contributed by atoms with van der Waals surface area (Å²) >= 11 is 0. The molecule has 7 nitrogen and oxygen atoms in total. The molecular formula is C23H31F3N2O5S2. The van der Waals surface area contributed by atoms with Crippen molar-refractivity contribution in [3.05, 3.63) is 23.4 Å². The molecule has 1 aromatic rings. The van der Waals surface area contributed by atoms with Gasteiger partial charge in [-0.15, -0.1) is 0 Å². The average Bonchev–Trinajstić information content (AvgIpc) is 3.69. The van der Waals surface area contributed by atoms with Crippen molar-refractivity contribution in [1.82, 2.24) is 10.3 Å². The monoisotopic (exact) mass is 536 g/mol. The molecule has 0 radical (unpaired) electrons. The highest BCUT2D eigenvalue weighted by molar-refractivity contribution is 7.92. The molecule has 3 aliphatic carbocycles. The van der Waals surface area contributed by atoms with Gasteiger partial charge in [0.1, 0.15) is 5.69 Å². The van der Waals surface area contributed by atoms with Crippen molar-refractivity contribution < 1.29 is 34.8 Å². The Kier molecular flexibility index (Phi) is 7.27. The van der Waals surface area contributed by atoms with Crippen molar-refractivity contribution in [2.75, 3.05) is 12.0 Å². The Balaban J connectivity index is 1.49. The molecule has 1 atom stereocenters. The van der Waals surface area contributed by atoms with Crippen molar-refractivity contribution in [3.8, 4) is 0 Å². The molecule has 0 aromatic carbocycles. The molecule has 0 saturated heterocycles. The summed E-state index contributed by atoms with van der Waals surface area (Å²) in [4.78, 5) is 16.3. The standard InChI is InChI=1S/C23H31F3N2O5S2/c1-34(30,31)22-18(10-11-20(28-22)23(24,25)26)21(29)27-19(12-14-2-3-14)16-6-8-17(9-7-16)35(32,33)13-15-4-5-15/h10-11,14-17,19H,2-9,12-13H2,1H3,(H,27,29). The Labute approximate surface area is 204 Å². The molecule has 1 aromatic heterocycles. The fourth-order valence-electron chi connectivity index (χ4n) is 4.98. The number of carbonyl (C=O) groups is 1. The predicted molar refractivity (Wildman–Crippen MR) is 123 cm³/mol. The number of amides is 1. The quantitative estimate of drug-likeness (QED) is 0.514. The van der Waals surface area contributed by atoms with Gasteiger partial charge in [-0.1, -0.05) is 12.8 Å². The summed E-state index contributed by atoms with van der Waals surface area (Å²) in [6.07, 6.45) is 2.82. The fourth-order valence-corrected chi connectivity index (χ4v) is 8.06. The lowest BCUT2D eigenvalue weighted by molar-refractivity contribution is -0.141. The van der Waals surface area contributed by atoms with Gasteiger partial charge in [-0.05, 0) is 74.8 Å². The van der Waals surface area contributed by atoms with Crippen LogP contribution in [0.2, 0.25) is 0 Å². The van der Waals surface area contributed by atoms with Crippen LogP contribution in [0.4, 0.5) is 13.2 Å². The van der Waals surface area contributed by atoms with Gasteiger partial charge in [0.15, 0.2) is 24.7 Å². The number of nitrogens with zero attached hydrogens (tertiary/aromatic N) is 1. The van der Waals surface area contributed by atoms with E-state index in [2.05, 4.69) is 10.3 Å². The molecule has 3 saturated carbocycles. The van der Waals surface area contributed by atoms with Crippen LogP contribution < -0.4 is 5.32 Å². The van der Waals surface area contributed by atoms with E-state index in [1.807, 2.05) is 0 Å². The summed E-state index contributed by atoms with van der Waals surface area (Å²) in [7, 11) is -7.34. The summed E-state index contributed by atoms with van der Waals surface area (Å²) in [5.74, 6) is 0.217. The number of halogens is 3. The minimum absolute atomic E-state index is 0.0241. The lowest BCUT2D eigenvalue weighted by Gasteiger charge is -2.34. The molecule has 3 fully saturated rings. The number of rotatable bonds is 9. The van der Waals surface area contributed by atoms with E-state index in [1.165, 1.54) is 0 Å². The van der Waals surface area contributed by atoms with E-state index in [0.29, 0.717) is 50.0 Å². The first-order chi connectivity index (χ1) is 16.2. The van der Waals surface area contributed by atoms with Crippen LogP contribution in [0.3, 0.4) is 0 Å². The van der Waals surface area contributed by atoms with E-state index in [1.54, 1.807) is 0 Å². The molecule has 0 aliphatic heterocycles. The normalized spacial score (nSPS) is 24.7. The summed E-state index contributed by atoms with van der Waals surface area (Å²) in [5, 5.41) is 1.60. The number of carbonyl (C=O) groups excluding carboxylic acids is 1. The largest absolute Gasteiger partial charge is 0.433 e. The zero-order valence-corrected chi connectivity index (χ0v) is 21.2. The van der Waals surface area contributed by atoms with Gasteiger partial charge in [0, 0.05) is 12.3 Å². The maximum absolute atomic E-state index is 13.1. The van der Waals surface area contributed by atoms with Crippen molar-refractivity contribution in [3.63, 3.8) is 0 Å². The van der Waals surface area contributed by atoms with E-state index in [9.17, 15) is 34.8 Å². The van der Waals surface area contributed by atoms with Crippen LogP contribution in [-0.2, 0) is 25.9 Å². The van der Waals surface area contributed by atoms with E-state index in [0.717, 1.165) is 38.0 Å². The van der Waals surface area contributed by atoms with E-state index >= 15 is 0 Å². The number of aromatic nitrogens is 1. The Hall–Kier alpha value is -1.69. The first kappa shape index (κ1) is 26.4. The molecule has 3 aliphatic rings. The molecule has 0 spiro atoms. The number of sulfone groups is 2. The number of hydrogen-bond acceptors (Lipinski definition) is 6. The summed E-state index contributed by atoms with van der Waals surface area (Å²) in [6.45, 7) is 0. The minimum atomic E-state index is -4.85. The number of hydrogen-bond donors (Lipinski definition) is 1. The summed E-state index contributed by atoms with van der Waals surface area (Å²) in [5.41, 5.74) is -1.79. The topological polar surface area (TPSA) is 110 Å². The Morgan fingerprint density at radius 2 is 1.60 bits per heavy atom. The van der Waals surface area contributed by atoms with Crippen molar-refractivity contribution >= 4 is 25.6 Å². The minimum Gasteiger partial charge on any atom is -0.349 e. The van der Waals surface area contributed by atoms with E-state index < -0.39 is 48.0 Å². The third kappa shape index (κ3) is 6.75. The van der Waals surface area contributed by atoms with Gasteiger partial charge >= 0.3 is 6.18 Å². The van der Waals surface area contributed by atoms with Gasteiger partial charge in [0.2, 0.25) is 0 Å². The van der Waals surface area contributed by atoms with Crippen LogP contribution in [-0.4, -0.2) is 51.0 Å². The number of alkyl halides is 3. The second-order valence-corrected chi connectivity index (χ2v) is 14.6. The van der Waals surface area contributed by atoms with E-state index in [-0.39, 0.29) is 23.0 Å². The average molecular weight is 537 g/mol. The van der Waals surface area contributed by atoms with Crippen LogP contribution in [0.25, 0.3) is 0 Å². The molecule has 1 heterocycles. The van der Waals surface area contributed by atoms with Crippen molar-refractivity contribution in [2.24, 2.45) is 17.8 Å². The Morgan fingerprint density at radius 1 is 1.00 bits per heavy atom. The fraction of sp³-hybridized carbons (Fsp3) is 0.739. The van der Waals surface area contributed by atoms with Crippen LogP contribution in [0, 0.1) is 17.8 Å². The maximum atomic E-state index is 13.1. The smallest absolute Gasteiger partial charge is 0.349 e. The second-order valence-electron chi connectivity index (χ2n) is 10.4. The Bertz CT molecular complexity index is 1170. The molecule has 12 heteroatoms. The Morgan fingerprint density at radius 3 is 2.11 bits per heavy atom. The number of nitrogens with one attached hydrogen (secondary N) is 1. The van der Waals surface area contributed by atoms with Crippen LogP contribution >= 0.6 is 0 Å². The predicted octanol–water partition coefficient (Wildman–Crippen LogP) is 3.79. The molecule has 1 amide bonds. The first-order valence-corrected chi connectivity index (χ1v) is 15.7. The molecule has 1 unspecified atom stereocenters. The molecule has 1 N–H and O–H groups in total. The highest BCUT2D eigenvalue weighted by atomic mass is 32.2. The maximum Gasteiger partial charge on any atom is 0.433 e. The first-order valence-electron chi connectivity index (χ1n) is 12.0. The molecule has 196 valence electrons. The van der Waals surface area contributed by atoms with Crippen molar-refractivity contribution in [1.29, 1.82) is 0 Å². The van der Waals surface area contributed by atoms with E-state index in [4.69, 9.17) is 0 Å². The van der Waals surface area contributed by atoms with Gasteiger partial charge in [-0.3, -0.25) is 4.79 Å². The van der Waals surface area contributed by atoms with Gasteiger partial charge in [0.05, 0.1) is 16.6 Å². The lowest BCUT2D eigenvalue weighted by Crippen LogP contribution is -2.43. The SMILES string of the molecule is CS(=O)(=O)c1nc(C(F)(F)F)ccc1C(=O)NC(CC1CC1)C1CCC(S(=O)(=O)CC2CC2)CC1.